The molecule has 3 rings (SSSR count). The lowest BCUT2D eigenvalue weighted by Gasteiger charge is -2.40. The maximum absolute atomic E-state index is 12.2. The number of ether oxygens (including phenoxy) is 1. The van der Waals surface area contributed by atoms with Crippen molar-refractivity contribution in [3.05, 3.63) is 29.5 Å². The second-order valence-corrected chi connectivity index (χ2v) is 8.44. The first kappa shape index (κ1) is 18.7. The summed E-state index contributed by atoms with van der Waals surface area (Å²) in [5, 5.41) is 4.90. The van der Waals surface area contributed by atoms with E-state index in [1.165, 1.54) is 0 Å². The summed E-state index contributed by atoms with van der Waals surface area (Å²) in [6.45, 7) is 9.11. The van der Waals surface area contributed by atoms with Crippen molar-refractivity contribution in [1.82, 2.24) is 14.9 Å². The first-order chi connectivity index (χ1) is 12.1. The highest BCUT2D eigenvalue weighted by atomic mass is 35.5. The molecule has 0 atom stereocenters. The minimum absolute atomic E-state index is 0.129. The SMILES string of the molecule is CC1(Nc2ccc3cnc(Cl)cc3n2)CCN(C(=O)OC(C)(C)C)CC1. The normalized spacial score (nSPS) is 17.2. The van der Waals surface area contributed by atoms with Gasteiger partial charge in [0.2, 0.25) is 0 Å². The van der Waals surface area contributed by atoms with Gasteiger partial charge in [-0.1, -0.05) is 11.6 Å². The third-order valence-corrected chi connectivity index (χ3v) is 4.70. The van der Waals surface area contributed by atoms with E-state index in [9.17, 15) is 4.79 Å². The van der Waals surface area contributed by atoms with Crippen LogP contribution in [0.15, 0.2) is 24.4 Å². The number of nitrogens with zero attached hydrogens (tertiary/aromatic N) is 3. The highest BCUT2D eigenvalue weighted by Gasteiger charge is 2.33. The number of nitrogens with one attached hydrogen (secondary N) is 1. The molecule has 0 aromatic carbocycles. The average molecular weight is 377 g/mol. The molecule has 1 fully saturated rings. The molecule has 2 aromatic rings. The van der Waals surface area contributed by atoms with Crippen LogP contribution in [0.2, 0.25) is 5.15 Å². The second kappa shape index (κ2) is 6.91. The van der Waals surface area contributed by atoms with E-state index < -0.39 is 5.60 Å². The van der Waals surface area contributed by atoms with E-state index in [2.05, 4.69) is 22.2 Å². The fourth-order valence-electron chi connectivity index (χ4n) is 3.00. The fraction of sp³-hybridized carbons (Fsp3) is 0.526. The Kier molecular flexibility index (Phi) is 4.97. The summed E-state index contributed by atoms with van der Waals surface area (Å²) < 4.78 is 5.46. The highest BCUT2D eigenvalue weighted by molar-refractivity contribution is 6.29. The van der Waals surface area contributed by atoms with Gasteiger partial charge in [-0.3, -0.25) is 0 Å². The number of anilines is 1. The molecule has 1 amide bonds. The van der Waals surface area contributed by atoms with Crippen LogP contribution >= 0.6 is 11.6 Å². The topological polar surface area (TPSA) is 67.4 Å². The number of hydrogen-bond donors (Lipinski definition) is 1. The molecule has 140 valence electrons. The maximum Gasteiger partial charge on any atom is 0.410 e. The van der Waals surface area contributed by atoms with Crippen LogP contribution in [-0.4, -0.2) is 45.2 Å². The van der Waals surface area contributed by atoms with Gasteiger partial charge in [0.05, 0.1) is 5.52 Å². The molecule has 7 heteroatoms. The van der Waals surface area contributed by atoms with Crippen molar-refractivity contribution < 1.29 is 9.53 Å². The lowest BCUT2D eigenvalue weighted by molar-refractivity contribution is 0.0184. The van der Waals surface area contributed by atoms with Gasteiger partial charge in [-0.05, 0) is 52.7 Å². The van der Waals surface area contributed by atoms with E-state index in [4.69, 9.17) is 16.3 Å². The van der Waals surface area contributed by atoms with Gasteiger partial charge in [0.1, 0.15) is 16.6 Å². The Hall–Kier alpha value is -2.08. The Balaban J connectivity index is 1.65. The molecule has 0 unspecified atom stereocenters. The number of likely N-dealkylation sites (tertiary alicyclic amines) is 1. The Morgan fingerprint density at radius 2 is 2.00 bits per heavy atom. The quantitative estimate of drug-likeness (QED) is 0.782. The van der Waals surface area contributed by atoms with Crippen LogP contribution in [0.3, 0.4) is 0 Å². The first-order valence-corrected chi connectivity index (χ1v) is 9.20. The van der Waals surface area contributed by atoms with Crippen LogP contribution in [-0.2, 0) is 4.74 Å². The first-order valence-electron chi connectivity index (χ1n) is 8.82. The summed E-state index contributed by atoms with van der Waals surface area (Å²) in [6.07, 6.45) is 3.12. The monoisotopic (exact) mass is 376 g/mol. The molecule has 2 aromatic heterocycles. The minimum atomic E-state index is -0.471. The molecule has 0 saturated carbocycles. The zero-order chi connectivity index (χ0) is 18.9. The summed E-state index contributed by atoms with van der Waals surface area (Å²) in [5.41, 5.74) is 0.210. The molecule has 1 aliphatic rings. The smallest absolute Gasteiger partial charge is 0.410 e. The van der Waals surface area contributed by atoms with Gasteiger partial charge in [-0.25, -0.2) is 14.8 Å². The molecule has 0 aliphatic carbocycles. The van der Waals surface area contributed by atoms with Gasteiger partial charge in [-0.2, -0.15) is 0 Å². The van der Waals surface area contributed by atoms with E-state index in [0.717, 1.165) is 29.6 Å². The van der Waals surface area contributed by atoms with E-state index in [1.807, 2.05) is 32.9 Å². The van der Waals surface area contributed by atoms with Crippen LogP contribution in [0.4, 0.5) is 10.6 Å². The maximum atomic E-state index is 12.2. The Bertz CT molecular complexity index is 811. The Morgan fingerprint density at radius 3 is 2.65 bits per heavy atom. The Morgan fingerprint density at radius 1 is 1.31 bits per heavy atom. The number of carbonyl (C=O) groups is 1. The average Bonchev–Trinajstić information content (AvgIpc) is 2.53. The van der Waals surface area contributed by atoms with Gasteiger partial charge in [0.25, 0.3) is 0 Å². The van der Waals surface area contributed by atoms with Gasteiger partial charge < -0.3 is 15.0 Å². The van der Waals surface area contributed by atoms with Crippen molar-refractivity contribution in [2.24, 2.45) is 0 Å². The number of piperidine rings is 1. The summed E-state index contributed by atoms with van der Waals surface area (Å²) >= 11 is 5.96. The number of aromatic nitrogens is 2. The predicted octanol–water partition coefficient (Wildman–Crippen LogP) is 4.48. The molecule has 3 heterocycles. The van der Waals surface area contributed by atoms with Crippen molar-refractivity contribution in [3.8, 4) is 0 Å². The third-order valence-electron chi connectivity index (χ3n) is 4.49. The van der Waals surface area contributed by atoms with Crippen molar-refractivity contribution in [2.45, 2.75) is 51.7 Å². The summed E-state index contributed by atoms with van der Waals surface area (Å²) in [6, 6.07) is 5.69. The standard InChI is InChI=1S/C19H25ClN4O2/c1-18(2,3)26-17(25)24-9-7-19(4,8-10-24)23-16-6-5-13-12-21-15(20)11-14(13)22-16/h5-6,11-12H,7-10H2,1-4H3,(H,22,23). The van der Waals surface area contributed by atoms with Gasteiger partial charge >= 0.3 is 6.09 Å². The largest absolute Gasteiger partial charge is 0.444 e. The molecule has 26 heavy (non-hydrogen) atoms. The zero-order valence-corrected chi connectivity index (χ0v) is 16.4. The number of halogens is 1. The van der Waals surface area contributed by atoms with Gasteiger partial charge in [0.15, 0.2) is 0 Å². The van der Waals surface area contributed by atoms with E-state index >= 15 is 0 Å². The number of hydrogen-bond acceptors (Lipinski definition) is 5. The van der Waals surface area contributed by atoms with Crippen molar-refractivity contribution >= 4 is 34.4 Å². The summed E-state index contributed by atoms with van der Waals surface area (Å²) in [7, 11) is 0. The van der Waals surface area contributed by atoms with Gasteiger partial charge in [-0.15, -0.1) is 0 Å². The highest BCUT2D eigenvalue weighted by Crippen LogP contribution is 2.28. The fourth-order valence-corrected chi connectivity index (χ4v) is 3.16. The van der Waals surface area contributed by atoms with Crippen molar-refractivity contribution in [1.29, 1.82) is 0 Å². The molecular formula is C19H25ClN4O2. The molecule has 1 saturated heterocycles. The van der Waals surface area contributed by atoms with Crippen LogP contribution in [0.25, 0.3) is 10.9 Å². The van der Waals surface area contributed by atoms with Crippen molar-refractivity contribution in [2.75, 3.05) is 18.4 Å². The molecule has 0 spiro atoms. The van der Waals surface area contributed by atoms with Crippen LogP contribution < -0.4 is 5.32 Å². The van der Waals surface area contributed by atoms with E-state index in [-0.39, 0.29) is 11.6 Å². The minimum Gasteiger partial charge on any atom is -0.444 e. The third kappa shape index (κ3) is 4.55. The molecule has 1 aliphatic heterocycles. The number of amides is 1. The summed E-state index contributed by atoms with van der Waals surface area (Å²) in [4.78, 5) is 22.7. The van der Waals surface area contributed by atoms with Crippen LogP contribution in [0, 0.1) is 0 Å². The lowest BCUT2D eigenvalue weighted by Crippen LogP contribution is -2.50. The number of carbonyl (C=O) groups excluding carboxylic acids is 1. The van der Waals surface area contributed by atoms with Crippen molar-refractivity contribution in [3.63, 3.8) is 0 Å². The Labute approximate surface area is 158 Å². The molecule has 1 N–H and O–H groups in total. The number of pyridine rings is 2. The number of rotatable bonds is 2. The molecular weight excluding hydrogens is 352 g/mol. The lowest BCUT2D eigenvalue weighted by atomic mass is 9.89. The van der Waals surface area contributed by atoms with Crippen LogP contribution in [0.1, 0.15) is 40.5 Å². The zero-order valence-electron chi connectivity index (χ0n) is 15.7. The molecule has 0 radical (unpaired) electrons. The van der Waals surface area contributed by atoms with Gasteiger partial charge in [0, 0.05) is 36.3 Å². The molecule has 6 nitrogen and oxygen atoms in total. The number of fused-ring (bicyclic) bond motifs is 1. The van der Waals surface area contributed by atoms with E-state index in [1.54, 1.807) is 17.2 Å². The van der Waals surface area contributed by atoms with E-state index in [0.29, 0.717) is 18.2 Å². The second-order valence-electron chi connectivity index (χ2n) is 8.05. The summed E-state index contributed by atoms with van der Waals surface area (Å²) in [5.74, 6) is 0.799. The predicted molar refractivity (Wildman–Crippen MR) is 104 cm³/mol. The van der Waals surface area contributed by atoms with Crippen LogP contribution in [0.5, 0.6) is 0 Å². The molecule has 0 bridgehead atoms.